The zero-order valence-electron chi connectivity index (χ0n) is 14.9. The van der Waals surface area contributed by atoms with Crippen molar-refractivity contribution in [2.75, 3.05) is 13.1 Å². The normalized spacial score (nSPS) is 16.1. The molecule has 9 heteroatoms. The highest BCUT2D eigenvalue weighted by atomic mass is 35.5. The highest BCUT2D eigenvalue weighted by Gasteiger charge is 2.33. The van der Waals surface area contributed by atoms with Gasteiger partial charge >= 0.3 is 0 Å². The summed E-state index contributed by atoms with van der Waals surface area (Å²) in [4.78, 5) is 11.7. The van der Waals surface area contributed by atoms with E-state index in [1.54, 1.807) is 18.2 Å². The minimum atomic E-state index is -4.15. The second-order valence-corrected chi connectivity index (χ2v) is 8.94. The third-order valence-corrected chi connectivity index (χ3v) is 6.84. The molecule has 0 saturated carbocycles. The van der Waals surface area contributed by atoms with Gasteiger partial charge < -0.3 is 5.32 Å². The lowest BCUT2D eigenvalue weighted by molar-refractivity contribution is -0.126. The Bertz CT molecular complexity index is 977. The molecule has 2 aromatic rings. The summed E-state index contributed by atoms with van der Waals surface area (Å²) in [6, 6.07) is 9.46. The van der Waals surface area contributed by atoms with Crippen molar-refractivity contribution in [3.63, 3.8) is 0 Å². The number of amides is 1. The van der Waals surface area contributed by atoms with Gasteiger partial charge in [0.2, 0.25) is 15.9 Å². The van der Waals surface area contributed by atoms with Crippen LogP contribution >= 0.6 is 11.6 Å². The first-order valence-corrected chi connectivity index (χ1v) is 10.6. The van der Waals surface area contributed by atoms with Crippen molar-refractivity contribution in [3.8, 4) is 0 Å². The fourth-order valence-corrected chi connectivity index (χ4v) is 4.91. The Balaban J connectivity index is 1.59. The van der Waals surface area contributed by atoms with E-state index in [-0.39, 0.29) is 24.9 Å². The maximum atomic E-state index is 13.9. The molecular weight excluding hydrogens is 410 g/mol. The van der Waals surface area contributed by atoms with Crippen molar-refractivity contribution >= 4 is 27.5 Å². The summed E-state index contributed by atoms with van der Waals surface area (Å²) in [5.74, 6) is -2.34. The topological polar surface area (TPSA) is 66.5 Å². The number of nitrogens with zero attached hydrogens (tertiary/aromatic N) is 1. The van der Waals surface area contributed by atoms with Gasteiger partial charge in [0.15, 0.2) is 0 Å². The molecule has 3 rings (SSSR count). The molecule has 1 aliphatic heterocycles. The first-order valence-electron chi connectivity index (χ1n) is 8.75. The van der Waals surface area contributed by atoms with Crippen LogP contribution in [-0.2, 0) is 21.4 Å². The van der Waals surface area contributed by atoms with Crippen LogP contribution in [0.5, 0.6) is 0 Å². The molecule has 0 bridgehead atoms. The number of sulfonamides is 1. The largest absolute Gasteiger partial charge is 0.352 e. The molecule has 1 heterocycles. The standard InChI is InChI=1S/C19H19ClF2N2O3S/c20-15-3-1-2-13(10-15)12-23-19(25)14-6-8-24(9-7-14)28(26,27)18-11-16(21)4-5-17(18)22/h1-5,10-11,14H,6-9,12H2,(H,23,25). The highest BCUT2D eigenvalue weighted by molar-refractivity contribution is 7.89. The zero-order valence-corrected chi connectivity index (χ0v) is 16.4. The summed E-state index contributed by atoms with van der Waals surface area (Å²) in [5, 5.41) is 3.40. The number of carbonyl (C=O) groups is 1. The van der Waals surface area contributed by atoms with E-state index in [9.17, 15) is 22.0 Å². The van der Waals surface area contributed by atoms with Crippen molar-refractivity contribution in [3.05, 3.63) is 64.7 Å². The quantitative estimate of drug-likeness (QED) is 0.794. The van der Waals surface area contributed by atoms with Crippen molar-refractivity contribution < 1.29 is 22.0 Å². The number of rotatable bonds is 5. The molecule has 0 aromatic heterocycles. The molecule has 0 spiro atoms. The van der Waals surface area contributed by atoms with Gasteiger partial charge in [0.05, 0.1) is 0 Å². The average Bonchev–Trinajstić information content (AvgIpc) is 2.68. The van der Waals surface area contributed by atoms with Gasteiger partial charge in [0.25, 0.3) is 0 Å². The van der Waals surface area contributed by atoms with E-state index in [0.29, 0.717) is 30.5 Å². The molecule has 1 aliphatic rings. The van der Waals surface area contributed by atoms with Crippen LogP contribution < -0.4 is 5.32 Å². The van der Waals surface area contributed by atoms with Gasteiger partial charge in [0, 0.05) is 30.6 Å². The van der Waals surface area contributed by atoms with E-state index in [4.69, 9.17) is 11.6 Å². The van der Waals surface area contributed by atoms with Crippen molar-refractivity contribution in [1.29, 1.82) is 0 Å². The molecule has 1 N–H and O–H groups in total. The Morgan fingerprint density at radius 2 is 1.86 bits per heavy atom. The summed E-state index contributed by atoms with van der Waals surface area (Å²) in [5.41, 5.74) is 0.863. The van der Waals surface area contributed by atoms with Crippen LogP contribution in [0.1, 0.15) is 18.4 Å². The van der Waals surface area contributed by atoms with Gasteiger partial charge in [-0.15, -0.1) is 0 Å². The average molecular weight is 429 g/mol. The molecule has 0 radical (unpaired) electrons. The fourth-order valence-electron chi connectivity index (χ4n) is 3.15. The Morgan fingerprint density at radius 1 is 1.14 bits per heavy atom. The minimum Gasteiger partial charge on any atom is -0.352 e. The van der Waals surface area contributed by atoms with Gasteiger partial charge in [-0.05, 0) is 48.7 Å². The van der Waals surface area contributed by atoms with E-state index in [1.165, 1.54) is 0 Å². The first kappa shape index (κ1) is 20.7. The van der Waals surface area contributed by atoms with E-state index < -0.39 is 26.6 Å². The van der Waals surface area contributed by atoms with E-state index >= 15 is 0 Å². The number of carbonyl (C=O) groups excluding carboxylic acids is 1. The van der Waals surface area contributed by atoms with E-state index in [2.05, 4.69) is 5.32 Å². The van der Waals surface area contributed by atoms with Crippen LogP contribution in [0.15, 0.2) is 47.4 Å². The number of nitrogens with one attached hydrogen (secondary N) is 1. The Morgan fingerprint density at radius 3 is 2.54 bits per heavy atom. The molecule has 1 saturated heterocycles. The highest BCUT2D eigenvalue weighted by Crippen LogP contribution is 2.26. The van der Waals surface area contributed by atoms with Gasteiger partial charge in [0.1, 0.15) is 16.5 Å². The Labute approximate surface area is 167 Å². The lowest BCUT2D eigenvalue weighted by Gasteiger charge is -2.30. The number of hydrogen-bond acceptors (Lipinski definition) is 3. The fraction of sp³-hybridized carbons (Fsp3) is 0.316. The van der Waals surface area contributed by atoms with Crippen molar-refractivity contribution in [2.24, 2.45) is 5.92 Å². The van der Waals surface area contributed by atoms with Crippen LogP contribution in [0.2, 0.25) is 5.02 Å². The van der Waals surface area contributed by atoms with Crippen LogP contribution in [0.3, 0.4) is 0 Å². The summed E-state index contributed by atoms with van der Waals surface area (Å²) in [7, 11) is -4.15. The molecule has 28 heavy (non-hydrogen) atoms. The van der Waals surface area contributed by atoms with Crippen molar-refractivity contribution in [1.82, 2.24) is 9.62 Å². The summed E-state index contributed by atoms with van der Waals surface area (Å²) in [6.07, 6.45) is 0.606. The molecule has 150 valence electrons. The van der Waals surface area contributed by atoms with Crippen LogP contribution in [0.4, 0.5) is 8.78 Å². The summed E-state index contributed by atoms with van der Waals surface area (Å²) >= 11 is 5.91. The Hall–Kier alpha value is -2.03. The maximum Gasteiger partial charge on any atom is 0.246 e. The molecule has 5 nitrogen and oxygen atoms in total. The molecule has 2 aromatic carbocycles. The molecule has 0 unspecified atom stereocenters. The van der Waals surface area contributed by atoms with Crippen molar-refractivity contribution in [2.45, 2.75) is 24.3 Å². The third-order valence-electron chi connectivity index (χ3n) is 4.69. The SMILES string of the molecule is O=C(NCc1cccc(Cl)c1)C1CCN(S(=O)(=O)c2cc(F)ccc2F)CC1. The summed E-state index contributed by atoms with van der Waals surface area (Å²) in [6.45, 7) is 0.452. The van der Waals surface area contributed by atoms with Gasteiger partial charge in [-0.1, -0.05) is 23.7 Å². The second kappa shape index (κ2) is 8.55. The number of benzene rings is 2. The number of halogens is 3. The molecule has 0 atom stereocenters. The Kier molecular flexibility index (Phi) is 6.32. The molecular formula is C19H19ClF2N2O3S. The smallest absolute Gasteiger partial charge is 0.246 e. The van der Waals surface area contributed by atoms with Crippen LogP contribution in [-0.4, -0.2) is 31.7 Å². The number of piperidine rings is 1. The van der Waals surface area contributed by atoms with Gasteiger partial charge in [-0.2, -0.15) is 4.31 Å². The predicted octanol–water partition coefficient (Wildman–Crippen LogP) is 3.34. The van der Waals surface area contributed by atoms with Crippen LogP contribution in [0, 0.1) is 17.6 Å². The molecule has 1 amide bonds. The lowest BCUT2D eigenvalue weighted by Crippen LogP contribution is -2.43. The van der Waals surface area contributed by atoms with E-state index in [0.717, 1.165) is 22.0 Å². The zero-order chi connectivity index (χ0) is 20.3. The van der Waals surface area contributed by atoms with Crippen LogP contribution in [0.25, 0.3) is 0 Å². The molecule has 1 fully saturated rings. The number of hydrogen-bond donors (Lipinski definition) is 1. The van der Waals surface area contributed by atoms with Gasteiger partial charge in [-0.3, -0.25) is 4.79 Å². The van der Waals surface area contributed by atoms with E-state index in [1.807, 2.05) is 6.07 Å². The first-order chi connectivity index (χ1) is 13.3. The third kappa shape index (κ3) is 4.68. The molecule has 0 aliphatic carbocycles. The monoisotopic (exact) mass is 428 g/mol. The minimum absolute atomic E-state index is 0.0630. The predicted molar refractivity (Wildman–Crippen MR) is 101 cm³/mol. The summed E-state index contributed by atoms with van der Waals surface area (Å²) < 4.78 is 53.5. The maximum absolute atomic E-state index is 13.9. The second-order valence-electron chi connectivity index (χ2n) is 6.60. The lowest BCUT2D eigenvalue weighted by atomic mass is 9.97. The van der Waals surface area contributed by atoms with Gasteiger partial charge in [-0.25, -0.2) is 17.2 Å².